The third kappa shape index (κ3) is 3.36. The fraction of sp³-hybridized carbons (Fsp3) is 0.200. The van der Waals surface area contributed by atoms with Gasteiger partial charge in [-0.15, -0.1) is 0 Å². The minimum atomic E-state index is -0.0812. The average molecular weight is 368 g/mol. The topological polar surface area (TPSA) is 69.2 Å². The molecule has 0 spiro atoms. The van der Waals surface area contributed by atoms with E-state index in [0.717, 1.165) is 35.3 Å². The van der Waals surface area contributed by atoms with Crippen LogP contribution in [0.4, 0.5) is 0 Å². The molecule has 2 heterocycles. The Morgan fingerprint density at radius 1 is 1.19 bits per heavy atom. The fourth-order valence-electron chi connectivity index (χ4n) is 3.26. The first kappa shape index (κ1) is 16.8. The van der Waals surface area contributed by atoms with Gasteiger partial charge in [-0.2, -0.15) is 0 Å². The Balaban J connectivity index is 1.57. The summed E-state index contributed by atoms with van der Waals surface area (Å²) in [4.78, 5) is 22.3. The second-order valence-corrected chi connectivity index (χ2v) is 6.86. The number of fused-ring (bicyclic) bond motifs is 1. The third-order valence-electron chi connectivity index (χ3n) is 4.61. The summed E-state index contributed by atoms with van der Waals surface area (Å²) in [6, 6.07) is 14.9. The minimum absolute atomic E-state index is 0.0773. The van der Waals surface area contributed by atoms with E-state index in [4.69, 9.17) is 11.6 Å². The molecule has 1 aliphatic rings. The van der Waals surface area contributed by atoms with Crippen LogP contribution in [0.3, 0.4) is 0 Å². The van der Waals surface area contributed by atoms with Gasteiger partial charge in [-0.05, 0) is 17.7 Å². The summed E-state index contributed by atoms with van der Waals surface area (Å²) in [6.07, 6.45) is 0.727. The molecular formula is C20H18ClN3O2. The number of H-pyrrole nitrogens is 1. The third-order valence-corrected chi connectivity index (χ3v) is 4.92. The molecular weight excluding hydrogens is 350 g/mol. The zero-order valence-electron chi connectivity index (χ0n) is 14.1. The van der Waals surface area contributed by atoms with Crippen molar-refractivity contribution in [3.05, 3.63) is 80.7 Å². The van der Waals surface area contributed by atoms with E-state index >= 15 is 0 Å². The van der Waals surface area contributed by atoms with Crippen molar-refractivity contribution in [3.8, 4) is 17.1 Å². The zero-order valence-corrected chi connectivity index (χ0v) is 14.8. The normalized spacial score (nSPS) is 14.2. The molecule has 4 rings (SSSR count). The van der Waals surface area contributed by atoms with Gasteiger partial charge < -0.3 is 10.1 Å². The molecule has 0 saturated heterocycles. The summed E-state index contributed by atoms with van der Waals surface area (Å²) < 4.78 is 0. The number of aromatic hydroxyl groups is 1. The smallest absolute Gasteiger partial charge is 0.255 e. The van der Waals surface area contributed by atoms with E-state index < -0.39 is 0 Å². The monoisotopic (exact) mass is 367 g/mol. The Labute approximate surface area is 155 Å². The van der Waals surface area contributed by atoms with Crippen LogP contribution >= 0.6 is 11.6 Å². The molecule has 1 aliphatic heterocycles. The van der Waals surface area contributed by atoms with Gasteiger partial charge in [0.2, 0.25) is 0 Å². The van der Waals surface area contributed by atoms with Crippen LogP contribution in [0.5, 0.6) is 5.75 Å². The van der Waals surface area contributed by atoms with Crippen LogP contribution in [0.25, 0.3) is 11.4 Å². The van der Waals surface area contributed by atoms with Crippen LogP contribution in [-0.2, 0) is 19.5 Å². The Bertz CT molecular complexity index is 1000. The van der Waals surface area contributed by atoms with Crippen molar-refractivity contribution in [2.24, 2.45) is 0 Å². The van der Waals surface area contributed by atoms with Gasteiger partial charge in [-0.25, -0.2) is 4.98 Å². The van der Waals surface area contributed by atoms with Crippen LogP contribution in [0.15, 0.2) is 53.3 Å². The molecule has 0 radical (unpaired) electrons. The molecule has 132 valence electrons. The van der Waals surface area contributed by atoms with E-state index in [0.29, 0.717) is 23.9 Å². The van der Waals surface area contributed by atoms with Gasteiger partial charge in [-0.1, -0.05) is 48.0 Å². The van der Waals surface area contributed by atoms with Crippen molar-refractivity contribution in [2.75, 3.05) is 6.54 Å². The van der Waals surface area contributed by atoms with Gasteiger partial charge >= 0.3 is 0 Å². The standard InChI is InChI=1S/C20H18ClN3O2/c21-16-10-13(6-7-18(16)25)11-24-9-8-17-15(12-24)20(26)23-19(22-17)14-4-2-1-3-5-14/h1-7,10,25H,8-9,11-12H2,(H,22,23,26). The highest BCUT2D eigenvalue weighted by atomic mass is 35.5. The Morgan fingerprint density at radius 3 is 2.77 bits per heavy atom. The summed E-state index contributed by atoms with van der Waals surface area (Å²) in [6.45, 7) is 2.03. The van der Waals surface area contributed by atoms with E-state index in [2.05, 4.69) is 14.9 Å². The van der Waals surface area contributed by atoms with Crippen molar-refractivity contribution in [2.45, 2.75) is 19.5 Å². The Hall–Kier alpha value is -2.63. The van der Waals surface area contributed by atoms with Crippen LogP contribution in [0, 0.1) is 0 Å². The van der Waals surface area contributed by atoms with Crippen molar-refractivity contribution in [3.63, 3.8) is 0 Å². The van der Waals surface area contributed by atoms with Crippen molar-refractivity contribution in [1.82, 2.24) is 14.9 Å². The first-order valence-corrected chi connectivity index (χ1v) is 8.85. The molecule has 1 aromatic heterocycles. The molecule has 0 aliphatic carbocycles. The number of nitrogens with one attached hydrogen (secondary N) is 1. The lowest BCUT2D eigenvalue weighted by Crippen LogP contribution is -2.35. The number of phenols is 1. The SMILES string of the molecule is O=c1[nH]c(-c2ccccc2)nc2c1CN(Cc1ccc(O)c(Cl)c1)CC2. The summed E-state index contributed by atoms with van der Waals surface area (Å²) in [5, 5.41) is 9.88. The van der Waals surface area contributed by atoms with E-state index in [1.165, 1.54) is 0 Å². The number of rotatable bonds is 3. The maximum absolute atomic E-state index is 12.6. The van der Waals surface area contributed by atoms with Crippen molar-refractivity contribution < 1.29 is 5.11 Å². The predicted octanol–water partition coefficient (Wildman–Crippen LogP) is 3.35. The van der Waals surface area contributed by atoms with Crippen LogP contribution in [0.1, 0.15) is 16.8 Å². The molecule has 2 aromatic carbocycles. The van der Waals surface area contributed by atoms with E-state index in [1.54, 1.807) is 12.1 Å². The fourth-order valence-corrected chi connectivity index (χ4v) is 3.46. The molecule has 0 saturated carbocycles. The maximum atomic E-state index is 12.6. The zero-order chi connectivity index (χ0) is 18.1. The average Bonchev–Trinajstić information content (AvgIpc) is 2.66. The number of aromatic nitrogens is 2. The summed E-state index contributed by atoms with van der Waals surface area (Å²) >= 11 is 5.98. The first-order chi connectivity index (χ1) is 12.6. The van der Waals surface area contributed by atoms with E-state index in [9.17, 15) is 9.90 Å². The molecule has 0 fully saturated rings. The molecule has 5 nitrogen and oxygen atoms in total. The lowest BCUT2D eigenvalue weighted by Gasteiger charge is -2.27. The van der Waals surface area contributed by atoms with Crippen LogP contribution in [-0.4, -0.2) is 26.5 Å². The Morgan fingerprint density at radius 2 is 2.00 bits per heavy atom. The molecule has 0 amide bonds. The van der Waals surface area contributed by atoms with Gasteiger partial charge in [0, 0.05) is 31.6 Å². The van der Waals surface area contributed by atoms with Crippen LogP contribution in [0.2, 0.25) is 5.02 Å². The summed E-state index contributed by atoms with van der Waals surface area (Å²) in [7, 11) is 0. The second-order valence-electron chi connectivity index (χ2n) is 6.45. The maximum Gasteiger partial charge on any atom is 0.255 e. The number of halogens is 1. The largest absolute Gasteiger partial charge is 0.506 e. The Kier molecular flexibility index (Phi) is 4.49. The van der Waals surface area contributed by atoms with Crippen LogP contribution < -0.4 is 5.56 Å². The number of nitrogens with zero attached hydrogens (tertiary/aromatic N) is 2. The molecule has 6 heteroatoms. The number of hydrogen-bond donors (Lipinski definition) is 2. The van der Waals surface area contributed by atoms with Gasteiger partial charge in [0.25, 0.3) is 5.56 Å². The highest BCUT2D eigenvalue weighted by Gasteiger charge is 2.21. The highest BCUT2D eigenvalue weighted by molar-refractivity contribution is 6.32. The van der Waals surface area contributed by atoms with Crippen molar-refractivity contribution >= 4 is 11.6 Å². The number of aromatic amines is 1. The minimum Gasteiger partial charge on any atom is -0.506 e. The number of hydrogen-bond acceptors (Lipinski definition) is 4. The molecule has 0 bridgehead atoms. The van der Waals surface area contributed by atoms with Crippen molar-refractivity contribution in [1.29, 1.82) is 0 Å². The highest BCUT2D eigenvalue weighted by Crippen LogP contribution is 2.25. The second kappa shape index (κ2) is 6.94. The molecule has 0 unspecified atom stereocenters. The van der Waals surface area contributed by atoms with Gasteiger partial charge in [0.1, 0.15) is 11.6 Å². The molecule has 26 heavy (non-hydrogen) atoms. The first-order valence-electron chi connectivity index (χ1n) is 8.47. The summed E-state index contributed by atoms with van der Waals surface area (Å²) in [5.41, 5.74) is 3.42. The lowest BCUT2D eigenvalue weighted by atomic mass is 10.1. The predicted molar refractivity (Wildman–Crippen MR) is 101 cm³/mol. The molecule has 0 atom stereocenters. The molecule has 2 N–H and O–H groups in total. The van der Waals surface area contributed by atoms with E-state index in [-0.39, 0.29) is 11.3 Å². The van der Waals surface area contributed by atoms with E-state index in [1.807, 2.05) is 36.4 Å². The van der Waals surface area contributed by atoms with Gasteiger partial charge in [0.05, 0.1) is 16.3 Å². The molecule has 3 aromatic rings. The quantitative estimate of drug-likeness (QED) is 0.744. The van der Waals surface area contributed by atoms with Gasteiger partial charge in [0.15, 0.2) is 0 Å². The van der Waals surface area contributed by atoms with Gasteiger partial charge in [-0.3, -0.25) is 9.69 Å². The summed E-state index contributed by atoms with van der Waals surface area (Å²) in [5.74, 6) is 0.696. The number of phenolic OH excluding ortho intramolecular Hbond substituents is 1. The lowest BCUT2D eigenvalue weighted by molar-refractivity contribution is 0.242. The number of benzene rings is 2.